The fourth-order valence-corrected chi connectivity index (χ4v) is 5.91. The molecule has 1 saturated heterocycles. The maximum absolute atomic E-state index is 13.3. The monoisotopic (exact) mass is 447 g/mol. The van der Waals surface area contributed by atoms with Gasteiger partial charge in [-0.2, -0.15) is 4.31 Å². The highest BCUT2D eigenvalue weighted by molar-refractivity contribution is 7.89. The molecule has 1 aromatic carbocycles. The van der Waals surface area contributed by atoms with Crippen molar-refractivity contribution in [3.05, 3.63) is 47.2 Å². The van der Waals surface area contributed by atoms with Gasteiger partial charge in [-0.1, -0.05) is 6.42 Å². The van der Waals surface area contributed by atoms with Crippen molar-refractivity contribution in [1.82, 2.24) is 19.2 Å². The lowest BCUT2D eigenvalue weighted by atomic mass is 10.0. The van der Waals surface area contributed by atoms with E-state index in [-0.39, 0.29) is 10.8 Å². The molecule has 2 aliphatic heterocycles. The average molecular weight is 448 g/mol. The summed E-state index contributed by atoms with van der Waals surface area (Å²) in [6, 6.07) is 4.40. The molecule has 1 unspecified atom stereocenters. The van der Waals surface area contributed by atoms with Crippen molar-refractivity contribution in [3.8, 4) is 0 Å². The van der Waals surface area contributed by atoms with Crippen molar-refractivity contribution in [3.63, 3.8) is 0 Å². The normalized spacial score (nSPS) is 19.7. The number of anilines is 1. The van der Waals surface area contributed by atoms with Gasteiger partial charge in [-0.3, -0.25) is 4.79 Å². The van der Waals surface area contributed by atoms with Crippen LogP contribution in [-0.2, 0) is 27.8 Å². The molecule has 1 N–H and O–H groups in total. The van der Waals surface area contributed by atoms with Crippen LogP contribution in [-0.4, -0.2) is 53.6 Å². The number of piperidine rings is 1. The second-order valence-electron chi connectivity index (χ2n) is 7.88. The van der Waals surface area contributed by atoms with E-state index in [1.165, 1.54) is 16.4 Å². The third-order valence-corrected chi connectivity index (χ3v) is 7.85. The van der Waals surface area contributed by atoms with Crippen LogP contribution in [0.4, 0.5) is 10.2 Å². The van der Waals surface area contributed by atoms with Gasteiger partial charge < -0.3 is 10.2 Å². The zero-order chi connectivity index (χ0) is 22.2. The van der Waals surface area contributed by atoms with Crippen LogP contribution in [0.3, 0.4) is 0 Å². The van der Waals surface area contributed by atoms with Gasteiger partial charge in [0.25, 0.3) is 0 Å². The lowest BCUT2D eigenvalue weighted by molar-refractivity contribution is -0.129. The Balaban J connectivity index is 1.72. The molecule has 10 heteroatoms. The number of hydrogen-bond acceptors (Lipinski definition) is 6. The Hall–Kier alpha value is -2.59. The van der Waals surface area contributed by atoms with Gasteiger partial charge in [0.2, 0.25) is 15.9 Å². The van der Waals surface area contributed by atoms with Crippen LogP contribution in [0.25, 0.3) is 0 Å². The maximum atomic E-state index is 13.3. The van der Waals surface area contributed by atoms with E-state index in [0.29, 0.717) is 44.1 Å². The number of nitrogens with zero attached hydrogens (tertiary/aromatic N) is 4. The molecule has 0 bridgehead atoms. The topological polar surface area (TPSA) is 95.5 Å². The van der Waals surface area contributed by atoms with E-state index >= 15 is 0 Å². The Labute approximate surface area is 181 Å². The van der Waals surface area contributed by atoms with Crippen molar-refractivity contribution < 1.29 is 17.6 Å². The summed E-state index contributed by atoms with van der Waals surface area (Å²) in [4.78, 5) is 23.0. The summed E-state index contributed by atoms with van der Waals surface area (Å²) >= 11 is 0. The van der Waals surface area contributed by atoms with Crippen molar-refractivity contribution in [2.75, 3.05) is 25.5 Å². The molecule has 166 valence electrons. The van der Waals surface area contributed by atoms with E-state index in [9.17, 15) is 17.6 Å². The average Bonchev–Trinajstić information content (AvgIpc) is 2.78. The Morgan fingerprint density at radius 3 is 2.58 bits per heavy atom. The van der Waals surface area contributed by atoms with E-state index in [4.69, 9.17) is 4.98 Å². The number of rotatable bonds is 4. The Bertz CT molecular complexity index is 1070. The quantitative estimate of drug-likeness (QED) is 0.774. The number of halogens is 1. The van der Waals surface area contributed by atoms with Gasteiger partial charge in [-0.25, -0.2) is 22.8 Å². The van der Waals surface area contributed by atoms with Crippen LogP contribution in [0.5, 0.6) is 0 Å². The van der Waals surface area contributed by atoms with Gasteiger partial charge in [-0.15, -0.1) is 0 Å². The summed E-state index contributed by atoms with van der Waals surface area (Å²) in [6.07, 6.45) is 2.82. The molecular formula is C21H26FN5O3S. The molecule has 2 aliphatic rings. The minimum atomic E-state index is -3.82. The fraction of sp³-hybridized carbons (Fsp3) is 0.476. The molecular weight excluding hydrogens is 421 g/mol. The molecule has 0 aliphatic carbocycles. The summed E-state index contributed by atoms with van der Waals surface area (Å²) in [5.74, 6) is 0.603. The van der Waals surface area contributed by atoms with Gasteiger partial charge in [0, 0.05) is 39.0 Å². The van der Waals surface area contributed by atoms with E-state index in [2.05, 4.69) is 10.3 Å². The van der Waals surface area contributed by atoms with Crippen molar-refractivity contribution in [2.45, 2.75) is 50.1 Å². The largest absolute Gasteiger partial charge is 0.373 e. The second kappa shape index (κ2) is 8.51. The zero-order valence-corrected chi connectivity index (χ0v) is 18.5. The van der Waals surface area contributed by atoms with E-state index in [1.54, 1.807) is 18.9 Å². The third-order valence-electron chi connectivity index (χ3n) is 5.93. The van der Waals surface area contributed by atoms with Crippen LogP contribution in [0.1, 0.15) is 49.3 Å². The standard InChI is InChI=1S/C21H26FN5O3S/c1-14(28)26-12-10-18-17(13-26)20(23-2)25-21(24-18)19-5-3-4-11-27(19)31(29,30)16-8-6-15(22)7-9-16/h6-9,19H,3-5,10-13H2,1-2H3,(H,23,24,25). The number of aromatic nitrogens is 2. The predicted octanol–water partition coefficient (Wildman–Crippen LogP) is 2.48. The molecule has 2 aromatic rings. The first-order valence-electron chi connectivity index (χ1n) is 10.4. The number of benzene rings is 1. The fourth-order valence-electron chi connectivity index (χ4n) is 4.25. The smallest absolute Gasteiger partial charge is 0.243 e. The lowest BCUT2D eigenvalue weighted by Gasteiger charge is -2.35. The molecule has 0 radical (unpaired) electrons. The highest BCUT2D eigenvalue weighted by atomic mass is 32.2. The van der Waals surface area contributed by atoms with Crippen LogP contribution < -0.4 is 5.32 Å². The number of hydrogen-bond donors (Lipinski definition) is 1. The molecule has 0 saturated carbocycles. The minimum absolute atomic E-state index is 0.000580. The molecule has 0 spiro atoms. The SMILES string of the molecule is CNc1nc(C2CCCCN2S(=O)(=O)c2ccc(F)cc2)nc2c1CN(C(C)=O)CC2. The predicted molar refractivity (Wildman–Crippen MR) is 113 cm³/mol. The first kappa shape index (κ1) is 21.6. The van der Waals surface area contributed by atoms with Gasteiger partial charge in [0.05, 0.1) is 23.2 Å². The zero-order valence-electron chi connectivity index (χ0n) is 17.6. The van der Waals surface area contributed by atoms with Crippen LogP contribution in [0.2, 0.25) is 0 Å². The molecule has 1 atom stereocenters. The van der Waals surface area contributed by atoms with Crippen molar-refractivity contribution in [1.29, 1.82) is 0 Å². The number of amides is 1. The van der Waals surface area contributed by atoms with E-state index in [1.807, 2.05) is 0 Å². The first-order valence-corrected chi connectivity index (χ1v) is 11.9. The highest BCUT2D eigenvalue weighted by Crippen LogP contribution is 2.36. The van der Waals surface area contributed by atoms with Gasteiger partial charge in [0.1, 0.15) is 17.5 Å². The van der Waals surface area contributed by atoms with Crippen LogP contribution >= 0.6 is 0 Å². The molecule has 4 rings (SSSR count). The number of nitrogens with one attached hydrogen (secondary N) is 1. The second-order valence-corrected chi connectivity index (χ2v) is 9.77. The minimum Gasteiger partial charge on any atom is -0.373 e. The number of carbonyl (C=O) groups is 1. The summed E-state index contributed by atoms with van der Waals surface area (Å²) in [5, 5.41) is 3.09. The molecule has 1 aromatic heterocycles. The van der Waals surface area contributed by atoms with E-state index < -0.39 is 21.9 Å². The van der Waals surface area contributed by atoms with E-state index in [0.717, 1.165) is 36.2 Å². The molecule has 3 heterocycles. The lowest BCUT2D eigenvalue weighted by Crippen LogP contribution is -2.40. The number of fused-ring (bicyclic) bond motifs is 1. The molecule has 31 heavy (non-hydrogen) atoms. The summed E-state index contributed by atoms with van der Waals surface area (Å²) in [6.45, 7) is 2.91. The van der Waals surface area contributed by atoms with Crippen LogP contribution in [0.15, 0.2) is 29.2 Å². The molecule has 1 amide bonds. The third kappa shape index (κ3) is 4.14. The number of sulfonamides is 1. The number of carbonyl (C=O) groups excluding carboxylic acids is 1. The molecule has 1 fully saturated rings. The Kier molecular flexibility index (Phi) is 5.94. The van der Waals surface area contributed by atoms with Gasteiger partial charge in [0.15, 0.2) is 0 Å². The van der Waals surface area contributed by atoms with Gasteiger partial charge in [-0.05, 0) is 37.1 Å². The Morgan fingerprint density at radius 1 is 1.16 bits per heavy atom. The summed E-state index contributed by atoms with van der Waals surface area (Å²) < 4.78 is 41.4. The molecule has 8 nitrogen and oxygen atoms in total. The highest BCUT2D eigenvalue weighted by Gasteiger charge is 2.37. The van der Waals surface area contributed by atoms with Crippen molar-refractivity contribution in [2.24, 2.45) is 0 Å². The van der Waals surface area contributed by atoms with Gasteiger partial charge >= 0.3 is 0 Å². The van der Waals surface area contributed by atoms with Crippen LogP contribution in [0, 0.1) is 5.82 Å². The summed E-state index contributed by atoms with van der Waals surface area (Å²) in [7, 11) is -2.07. The summed E-state index contributed by atoms with van der Waals surface area (Å²) in [5.41, 5.74) is 1.72. The first-order chi connectivity index (χ1) is 14.8. The Morgan fingerprint density at radius 2 is 1.90 bits per heavy atom. The maximum Gasteiger partial charge on any atom is 0.243 e. The van der Waals surface area contributed by atoms with Crippen molar-refractivity contribution >= 4 is 21.7 Å².